The molecule has 1 saturated carbocycles. The van der Waals surface area contributed by atoms with Gasteiger partial charge in [0.25, 0.3) is 0 Å². The Labute approximate surface area is 131 Å². The van der Waals surface area contributed by atoms with Gasteiger partial charge in [-0.1, -0.05) is 31.0 Å². The second-order valence-electron chi connectivity index (χ2n) is 6.27. The fourth-order valence-corrected chi connectivity index (χ4v) is 3.52. The first kappa shape index (κ1) is 14.9. The molecule has 0 radical (unpaired) electrons. The molecular formula is C18H25N3O. The minimum absolute atomic E-state index is 0.0233. The van der Waals surface area contributed by atoms with E-state index >= 15 is 0 Å². The summed E-state index contributed by atoms with van der Waals surface area (Å²) in [6.07, 6.45) is 5.58. The molecule has 118 valence electrons. The maximum absolute atomic E-state index is 11.9. The zero-order valence-electron chi connectivity index (χ0n) is 13.5. The third-order valence-electron chi connectivity index (χ3n) is 4.88. The number of aromatic nitrogens is 1. The van der Waals surface area contributed by atoms with Crippen LogP contribution >= 0.6 is 0 Å². The molecule has 0 atom stereocenters. The van der Waals surface area contributed by atoms with Gasteiger partial charge in [0.05, 0.1) is 0 Å². The average Bonchev–Trinajstić information content (AvgIpc) is 3.10. The maximum atomic E-state index is 11.9. The highest BCUT2D eigenvalue weighted by Crippen LogP contribution is 2.24. The summed E-state index contributed by atoms with van der Waals surface area (Å²) in [7, 11) is 2.10. The highest BCUT2D eigenvalue weighted by atomic mass is 16.2. The first-order chi connectivity index (χ1) is 10.7. The van der Waals surface area contributed by atoms with E-state index in [1.807, 2.05) is 0 Å². The number of aryl methyl sites for hydroxylation is 1. The van der Waals surface area contributed by atoms with E-state index in [4.69, 9.17) is 0 Å². The molecule has 0 bridgehead atoms. The van der Waals surface area contributed by atoms with Crippen molar-refractivity contribution in [2.24, 2.45) is 7.05 Å². The van der Waals surface area contributed by atoms with E-state index in [9.17, 15) is 4.79 Å². The van der Waals surface area contributed by atoms with Crippen LogP contribution in [0.3, 0.4) is 0 Å². The lowest BCUT2D eigenvalue weighted by atomic mass is 10.1. The summed E-state index contributed by atoms with van der Waals surface area (Å²) < 4.78 is 2.23. The SMILES string of the molecule is Cc1c(CCNC(=O)NC2CCCC2)c2ccccc2n1C. The lowest BCUT2D eigenvalue weighted by molar-refractivity contribution is 0.237. The van der Waals surface area contributed by atoms with E-state index in [-0.39, 0.29) is 6.03 Å². The van der Waals surface area contributed by atoms with Crippen molar-refractivity contribution >= 4 is 16.9 Å². The Kier molecular flexibility index (Phi) is 4.36. The number of carbonyl (C=O) groups excluding carboxylic acids is 1. The van der Waals surface area contributed by atoms with Crippen molar-refractivity contribution in [1.82, 2.24) is 15.2 Å². The lowest BCUT2D eigenvalue weighted by Gasteiger charge is -2.13. The van der Waals surface area contributed by atoms with E-state index in [1.54, 1.807) is 0 Å². The second-order valence-corrected chi connectivity index (χ2v) is 6.27. The summed E-state index contributed by atoms with van der Waals surface area (Å²) >= 11 is 0. The number of rotatable bonds is 4. The van der Waals surface area contributed by atoms with Crippen LogP contribution in [0.4, 0.5) is 4.79 Å². The molecule has 1 fully saturated rings. The molecule has 3 rings (SSSR count). The number of para-hydroxylation sites is 1. The summed E-state index contributed by atoms with van der Waals surface area (Å²) in [5, 5.41) is 7.36. The number of benzene rings is 1. The van der Waals surface area contributed by atoms with Crippen molar-refractivity contribution in [3.8, 4) is 0 Å². The molecule has 0 spiro atoms. The van der Waals surface area contributed by atoms with Gasteiger partial charge in [0.15, 0.2) is 0 Å². The minimum atomic E-state index is -0.0233. The summed E-state index contributed by atoms with van der Waals surface area (Å²) in [6.45, 7) is 2.82. The average molecular weight is 299 g/mol. The normalized spacial score (nSPS) is 15.4. The number of urea groups is 1. The number of nitrogens with one attached hydrogen (secondary N) is 2. The van der Waals surface area contributed by atoms with Gasteiger partial charge in [0.1, 0.15) is 0 Å². The third kappa shape index (κ3) is 2.96. The van der Waals surface area contributed by atoms with Gasteiger partial charge in [0, 0.05) is 36.2 Å². The molecule has 1 aromatic heterocycles. The Balaban J connectivity index is 1.59. The minimum Gasteiger partial charge on any atom is -0.348 e. The molecule has 2 amide bonds. The van der Waals surface area contributed by atoms with Gasteiger partial charge >= 0.3 is 6.03 Å². The van der Waals surface area contributed by atoms with Crippen LogP contribution < -0.4 is 10.6 Å². The number of hydrogen-bond donors (Lipinski definition) is 2. The van der Waals surface area contributed by atoms with E-state index in [0.29, 0.717) is 12.6 Å². The molecule has 1 aliphatic carbocycles. The van der Waals surface area contributed by atoms with Gasteiger partial charge in [-0.3, -0.25) is 0 Å². The first-order valence-corrected chi connectivity index (χ1v) is 8.24. The zero-order chi connectivity index (χ0) is 15.5. The highest BCUT2D eigenvalue weighted by Gasteiger charge is 2.17. The number of fused-ring (bicyclic) bond motifs is 1. The zero-order valence-corrected chi connectivity index (χ0v) is 13.5. The van der Waals surface area contributed by atoms with Crippen molar-refractivity contribution in [3.63, 3.8) is 0 Å². The Hall–Kier alpha value is -1.97. The monoisotopic (exact) mass is 299 g/mol. The molecule has 1 aliphatic rings. The van der Waals surface area contributed by atoms with Crippen molar-refractivity contribution in [1.29, 1.82) is 0 Å². The summed E-state index contributed by atoms with van der Waals surface area (Å²) in [6, 6.07) is 8.80. The van der Waals surface area contributed by atoms with Crippen LogP contribution in [-0.2, 0) is 13.5 Å². The molecule has 22 heavy (non-hydrogen) atoms. The van der Waals surface area contributed by atoms with Gasteiger partial charge in [0.2, 0.25) is 0 Å². The number of nitrogens with zero attached hydrogens (tertiary/aromatic N) is 1. The molecule has 1 aromatic carbocycles. The summed E-state index contributed by atoms with van der Waals surface area (Å²) in [4.78, 5) is 11.9. The molecule has 4 nitrogen and oxygen atoms in total. The first-order valence-electron chi connectivity index (χ1n) is 8.24. The van der Waals surface area contributed by atoms with Crippen molar-refractivity contribution in [2.45, 2.75) is 45.1 Å². The van der Waals surface area contributed by atoms with Crippen LogP contribution in [-0.4, -0.2) is 23.2 Å². The maximum Gasteiger partial charge on any atom is 0.315 e. The number of hydrogen-bond acceptors (Lipinski definition) is 1. The second kappa shape index (κ2) is 6.42. The predicted octanol–water partition coefficient (Wildman–Crippen LogP) is 3.27. The quantitative estimate of drug-likeness (QED) is 0.894. The summed E-state index contributed by atoms with van der Waals surface area (Å²) in [5.74, 6) is 0. The van der Waals surface area contributed by atoms with Crippen LogP contribution in [0.5, 0.6) is 0 Å². The van der Waals surface area contributed by atoms with Crippen molar-refractivity contribution in [2.75, 3.05) is 6.54 Å². The predicted molar refractivity (Wildman–Crippen MR) is 90.2 cm³/mol. The molecule has 0 saturated heterocycles. The fraction of sp³-hybridized carbons (Fsp3) is 0.500. The largest absolute Gasteiger partial charge is 0.348 e. The van der Waals surface area contributed by atoms with E-state index in [1.165, 1.54) is 35.0 Å². The molecule has 4 heteroatoms. The van der Waals surface area contributed by atoms with E-state index in [0.717, 1.165) is 19.3 Å². The fourth-order valence-electron chi connectivity index (χ4n) is 3.52. The third-order valence-corrected chi connectivity index (χ3v) is 4.88. The Morgan fingerprint density at radius 2 is 2.00 bits per heavy atom. The molecule has 2 aromatic rings. The van der Waals surface area contributed by atoms with Crippen LogP contribution in [0.1, 0.15) is 36.9 Å². The number of amides is 2. The molecule has 0 unspecified atom stereocenters. The molecular weight excluding hydrogens is 274 g/mol. The van der Waals surface area contributed by atoms with Crippen molar-refractivity contribution < 1.29 is 4.79 Å². The summed E-state index contributed by atoms with van der Waals surface area (Å²) in [5.41, 5.74) is 3.86. The number of carbonyl (C=O) groups is 1. The van der Waals surface area contributed by atoms with E-state index < -0.39 is 0 Å². The van der Waals surface area contributed by atoms with Gasteiger partial charge in [-0.15, -0.1) is 0 Å². The van der Waals surface area contributed by atoms with Crippen LogP contribution in [0.25, 0.3) is 10.9 Å². The topological polar surface area (TPSA) is 46.1 Å². The van der Waals surface area contributed by atoms with Gasteiger partial charge in [-0.05, 0) is 37.8 Å². The van der Waals surface area contributed by atoms with Crippen LogP contribution in [0.2, 0.25) is 0 Å². The van der Waals surface area contributed by atoms with Crippen LogP contribution in [0.15, 0.2) is 24.3 Å². The van der Waals surface area contributed by atoms with Gasteiger partial charge < -0.3 is 15.2 Å². The molecule has 1 heterocycles. The van der Waals surface area contributed by atoms with Gasteiger partial charge in [-0.25, -0.2) is 4.79 Å². The van der Waals surface area contributed by atoms with E-state index in [2.05, 4.69) is 53.4 Å². The highest BCUT2D eigenvalue weighted by molar-refractivity contribution is 5.85. The lowest BCUT2D eigenvalue weighted by Crippen LogP contribution is -2.41. The molecule has 0 aliphatic heterocycles. The van der Waals surface area contributed by atoms with Crippen LogP contribution in [0, 0.1) is 6.92 Å². The standard InChI is InChI=1S/C18H25N3O/c1-13-15(16-9-5-6-10-17(16)21(13)2)11-12-19-18(22)20-14-7-3-4-8-14/h5-6,9-10,14H,3-4,7-8,11-12H2,1-2H3,(H2,19,20,22). The molecule has 2 N–H and O–H groups in total. The van der Waals surface area contributed by atoms with Gasteiger partial charge in [-0.2, -0.15) is 0 Å². The Bertz CT molecular complexity index is 668. The Morgan fingerprint density at radius 1 is 1.27 bits per heavy atom. The van der Waals surface area contributed by atoms with Crippen molar-refractivity contribution in [3.05, 3.63) is 35.5 Å². The smallest absolute Gasteiger partial charge is 0.315 e. The Morgan fingerprint density at radius 3 is 2.77 bits per heavy atom.